The number of hydrogen-bond donors (Lipinski definition) is 1. The fourth-order valence-corrected chi connectivity index (χ4v) is 4.40. The number of hydrogen-bond acceptors (Lipinski definition) is 6. The first-order valence-corrected chi connectivity index (χ1v) is 12.4. The van der Waals surface area contributed by atoms with E-state index in [9.17, 15) is 14.4 Å². The van der Waals surface area contributed by atoms with Crippen molar-refractivity contribution in [2.24, 2.45) is 0 Å². The molecule has 3 aromatic carbocycles. The summed E-state index contributed by atoms with van der Waals surface area (Å²) in [7, 11) is 1.34. The molecule has 5 rings (SSSR count). The highest BCUT2D eigenvalue weighted by Crippen LogP contribution is 2.29. The standard InChI is InChI=1S/C31H26N2O5/c1-37-31(36)24-9-5-8-21(16-24)25-18-26(20-6-3-2-4-7-20)32-29(19-25)33-30(35)13-11-27(34)22-10-12-28-23(17-22)14-15-38-28/h2-10,12,16-19H,11,13-15H2,1H3,(H,32,33,35). The van der Waals surface area contributed by atoms with Gasteiger partial charge in [0.2, 0.25) is 5.91 Å². The highest BCUT2D eigenvalue weighted by molar-refractivity contribution is 6.00. The van der Waals surface area contributed by atoms with Gasteiger partial charge in [0.05, 0.1) is 25.0 Å². The number of amides is 1. The lowest BCUT2D eigenvalue weighted by Crippen LogP contribution is -2.15. The van der Waals surface area contributed by atoms with Gasteiger partial charge in [-0.3, -0.25) is 9.59 Å². The average molecular weight is 507 g/mol. The number of nitrogens with zero attached hydrogens (tertiary/aromatic N) is 1. The molecule has 0 unspecified atom stereocenters. The molecule has 0 bridgehead atoms. The number of aromatic nitrogens is 1. The van der Waals surface area contributed by atoms with Gasteiger partial charge in [-0.15, -0.1) is 0 Å². The highest BCUT2D eigenvalue weighted by Gasteiger charge is 2.17. The van der Waals surface area contributed by atoms with Crippen LogP contribution in [-0.4, -0.2) is 36.4 Å². The van der Waals surface area contributed by atoms with Crippen LogP contribution in [0, 0.1) is 0 Å². The summed E-state index contributed by atoms with van der Waals surface area (Å²) < 4.78 is 10.4. The van der Waals surface area contributed by atoms with E-state index in [1.165, 1.54) is 7.11 Å². The van der Waals surface area contributed by atoms with Crippen molar-refractivity contribution in [1.29, 1.82) is 0 Å². The van der Waals surface area contributed by atoms with Crippen LogP contribution in [-0.2, 0) is 16.0 Å². The lowest BCUT2D eigenvalue weighted by molar-refractivity contribution is -0.116. The van der Waals surface area contributed by atoms with Gasteiger partial charge in [-0.2, -0.15) is 0 Å². The van der Waals surface area contributed by atoms with Crippen molar-refractivity contribution >= 4 is 23.5 Å². The number of nitrogens with one attached hydrogen (secondary N) is 1. The zero-order valence-corrected chi connectivity index (χ0v) is 20.9. The number of esters is 1. The fourth-order valence-electron chi connectivity index (χ4n) is 4.40. The normalized spacial score (nSPS) is 11.8. The first kappa shape index (κ1) is 24.9. The molecule has 1 aromatic heterocycles. The highest BCUT2D eigenvalue weighted by atomic mass is 16.5. The lowest BCUT2D eigenvalue weighted by Gasteiger charge is -2.12. The maximum absolute atomic E-state index is 12.8. The molecule has 2 heterocycles. The molecule has 0 spiro atoms. The molecule has 1 amide bonds. The van der Waals surface area contributed by atoms with E-state index in [1.807, 2.05) is 54.6 Å². The van der Waals surface area contributed by atoms with Crippen LogP contribution in [0.4, 0.5) is 5.82 Å². The Balaban J connectivity index is 1.36. The van der Waals surface area contributed by atoms with Crippen molar-refractivity contribution in [1.82, 2.24) is 4.98 Å². The smallest absolute Gasteiger partial charge is 0.337 e. The quantitative estimate of drug-likeness (QED) is 0.242. The van der Waals surface area contributed by atoms with Crippen LogP contribution in [0.15, 0.2) is 84.9 Å². The summed E-state index contributed by atoms with van der Waals surface area (Å²) in [4.78, 5) is 42.2. The molecule has 1 aliphatic heterocycles. The van der Waals surface area contributed by atoms with E-state index < -0.39 is 5.97 Å². The van der Waals surface area contributed by atoms with Crippen LogP contribution >= 0.6 is 0 Å². The Morgan fingerprint density at radius 3 is 2.47 bits per heavy atom. The molecule has 0 aliphatic carbocycles. The van der Waals surface area contributed by atoms with Crippen LogP contribution in [0.3, 0.4) is 0 Å². The van der Waals surface area contributed by atoms with Crippen molar-refractivity contribution in [3.8, 4) is 28.1 Å². The molecule has 7 heteroatoms. The number of ether oxygens (including phenoxy) is 2. The van der Waals surface area contributed by atoms with E-state index in [2.05, 4.69) is 10.3 Å². The first-order chi connectivity index (χ1) is 18.5. The Bertz CT molecular complexity index is 1510. The van der Waals surface area contributed by atoms with E-state index >= 15 is 0 Å². The Morgan fingerprint density at radius 2 is 1.66 bits per heavy atom. The average Bonchev–Trinajstić information content (AvgIpc) is 3.44. The third-order valence-corrected chi connectivity index (χ3v) is 6.37. The number of benzene rings is 3. The third kappa shape index (κ3) is 5.62. The predicted molar refractivity (Wildman–Crippen MR) is 144 cm³/mol. The molecule has 0 saturated heterocycles. The Hall–Kier alpha value is -4.78. The van der Waals surface area contributed by atoms with E-state index in [-0.39, 0.29) is 24.5 Å². The number of ketones is 1. The van der Waals surface area contributed by atoms with E-state index in [4.69, 9.17) is 9.47 Å². The first-order valence-electron chi connectivity index (χ1n) is 12.4. The Labute approximate surface area is 220 Å². The molecule has 38 heavy (non-hydrogen) atoms. The number of carbonyl (C=O) groups excluding carboxylic acids is 3. The van der Waals surface area contributed by atoms with Gasteiger partial charge in [0.1, 0.15) is 11.6 Å². The van der Waals surface area contributed by atoms with Crippen LogP contribution in [0.1, 0.15) is 39.1 Å². The van der Waals surface area contributed by atoms with Gasteiger partial charge in [0.25, 0.3) is 0 Å². The van der Waals surface area contributed by atoms with Gasteiger partial charge in [-0.1, -0.05) is 42.5 Å². The fraction of sp³-hybridized carbons (Fsp3) is 0.161. The van der Waals surface area contributed by atoms with Gasteiger partial charge in [-0.25, -0.2) is 9.78 Å². The number of anilines is 1. The number of Topliss-reactive ketones (excluding diaryl/α,β-unsaturated/α-hetero) is 1. The minimum Gasteiger partial charge on any atom is -0.493 e. The van der Waals surface area contributed by atoms with Gasteiger partial charge in [0.15, 0.2) is 5.78 Å². The second kappa shape index (κ2) is 11.1. The summed E-state index contributed by atoms with van der Waals surface area (Å²) in [6.45, 7) is 0.624. The molecule has 1 aliphatic rings. The SMILES string of the molecule is COC(=O)c1cccc(-c2cc(NC(=O)CCC(=O)c3ccc4c(c3)CCO4)nc(-c3ccccc3)c2)c1. The van der Waals surface area contributed by atoms with E-state index in [0.29, 0.717) is 29.2 Å². The van der Waals surface area contributed by atoms with Crippen molar-refractivity contribution in [2.75, 3.05) is 19.0 Å². The minimum absolute atomic E-state index is 0.0246. The summed E-state index contributed by atoms with van der Waals surface area (Å²) in [5.74, 6) is 0.336. The van der Waals surface area contributed by atoms with Crippen LogP contribution in [0.25, 0.3) is 22.4 Å². The van der Waals surface area contributed by atoms with Crippen molar-refractivity contribution in [3.05, 3.63) is 102 Å². The zero-order chi connectivity index (χ0) is 26.5. The third-order valence-electron chi connectivity index (χ3n) is 6.37. The van der Waals surface area contributed by atoms with Crippen molar-refractivity contribution in [3.63, 3.8) is 0 Å². The minimum atomic E-state index is -0.432. The molecule has 0 fully saturated rings. The maximum Gasteiger partial charge on any atom is 0.337 e. The molecule has 0 saturated carbocycles. The largest absolute Gasteiger partial charge is 0.493 e. The van der Waals surface area contributed by atoms with E-state index in [0.717, 1.165) is 34.4 Å². The second-order valence-electron chi connectivity index (χ2n) is 8.96. The zero-order valence-electron chi connectivity index (χ0n) is 20.9. The summed E-state index contributed by atoms with van der Waals surface area (Å²) in [6, 6.07) is 25.7. The molecule has 0 atom stereocenters. The summed E-state index contributed by atoms with van der Waals surface area (Å²) in [5.41, 5.74) is 5.12. The lowest BCUT2D eigenvalue weighted by atomic mass is 10.0. The molecule has 7 nitrogen and oxygen atoms in total. The molecule has 4 aromatic rings. The summed E-state index contributed by atoms with van der Waals surface area (Å²) in [6.07, 6.45) is 0.889. The Kier molecular flexibility index (Phi) is 7.26. The monoisotopic (exact) mass is 506 g/mol. The number of pyridine rings is 1. The predicted octanol–water partition coefficient (Wildman–Crippen LogP) is 5.74. The number of rotatable bonds is 8. The van der Waals surface area contributed by atoms with Crippen LogP contribution < -0.4 is 10.1 Å². The van der Waals surface area contributed by atoms with Crippen LogP contribution in [0.5, 0.6) is 5.75 Å². The number of carbonyl (C=O) groups is 3. The number of methoxy groups -OCH3 is 1. The second-order valence-corrected chi connectivity index (χ2v) is 8.96. The van der Waals surface area contributed by atoms with Crippen LogP contribution in [0.2, 0.25) is 0 Å². The van der Waals surface area contributed by atoms with Gasteiger partial charge >= 0.3 is 5.97 Å². The molecule has 0 radical (unpaired) electrons. The molecule has 1 N–H and O–H groups in total. The molecular formula is C31H26N2O5. The van der Waals surface area contributed by atoms with Gasteiger partial charge in [0, 0.05) is 30.4 Å². The Morgan fingerprint density at radius 1 is 0.842 bits per heavy atom. The topological polar surface area (TPSA) is 94.6 Å². The van der Waals surface area contributed by atoms with Crippen molar-refractivity contribution in [2.45, 2.75) is 19.3 Å². The summed E-state index contributed by atoms with van der Waals surface area (Å²) >= 11 is 0. The van der Waals surface area contributed by atoms with Gasteiger partial charge < -0.3 is 14.8 Å². The number of fused-ring (bicyclic) bond motifs is 1. The maximum atomic E-state index is 12.8. The molecule has 190 valence electrons. The van der Waals surface area contributed by atoms with Gasteiger partial charge in [-0.05, 0) is 59.2 Å². The summed E-state index contributed by atoms with van der Waals surface area (Å²) in [5, 5.41) is 2.85. The van der Waals surface area contributed by atoms with E-state index in [1.54, 1.807) is 30.3 Å². The van der Waals surface area contributed by atoms with Crippen molar-refractivity contribution < 1.29 is 23.9 Å². The molecular weight excluding hydrogens is 480 g/mol.